The Morgan fingerprint density at radius 1 is 1.04 bits per heavy atom. The first-order valence-electron chi connectivity index (χ1n) is 8.28. The normalized spacial score (nSPS) is 10.7. The van der Waals surface area contributed by atoms with E-state index in [1.165, 1.54) is 5.56 Å². The predicted molar refractivity (Wildman–Crippen MR) is 95.3 cm³/mol. The molecular weight excluding hydrogens is 336 g/mol. The molecule has 3 aromatic rings. The van der Waals surface area contributed by atoms with E-state index in [4.69, 9.17) is 4.42 Å². The molecule has 6 nitrogen and oxygen atoms in total. The molecule has 1 aromatic carbocycles. The van der Waals surface area contributed by atoms with E-state index in [2.05, 4.69) is 32.6 Å². The first-order valence-corrected chi connectivity index (χ1v) is 9.23. The third kappa shape index (κ3) is 5.79. The van der Waals surface area contributed by atoms with E-state index >= 15 is 0 Å². The lowest BCUT2D eigenvalue weighted by Crippen LogP contribution is -2.25. The largest absolute Gasteiger partial charge is 0.425 e. The fraction of sp³-hybridized carbons (Fsp3) is 0.333. The van der Waals surface area contributed by atoms with Crippen molar-refractivity contribution >= 4 is 17.2 Å². The van der Waals surface area contributed by atoms with Gasteiger partial charge in [-0.05, 0) is 12.0 Å². The van der Waals surface area contributed by atoms with Gasteiger partial charge in [-0.25, -0.2) is 4.98 Å². The van der Waals surface area contributed by atoms with Crippen molar-refractivity contribution in [2.45, 2.75) is 32.1 Å². The average molecular weight is 356 g/mol. The fourth-order valence-electron chi connectivity index (χ4n) is 2.39. The van der Waals surface area contributed by atoms with Crippen molar-refractivity contribution in [3.05, 3.63) is 64.3 Å². The second-order valence-corrected chi connectivity index (χ2v) is 6.37. The third-order valence-electron chi connectivity index (χ3n) is 3.73. The molecule has 0 aliphatic rings. The molecule has 130 valence electrons. The van der Waals surface area contributed by atoms with Gasteiger partial charge in [-0.15, -0.1) is 21.5 Å². The van der Waals surface area contributed by atoms with E-state index in [1.54, 1.807) is 16.8 Å². The highest BCUT2D eigenvalue weighted by Gasteiger charge is 2.09. The summed E-state index contributed by atoms with van der Waals surface area (Å²) in [4.78, 5) is 16.0. The van der Waals surface area contributed by atoms with Gasteiger partial charge < -0.3 is 9.73 Å². The molecule has 3 rings (SSSR count). The molecule has 1 N–H and O–H groups in total. The molecule has 0 aliphatic carbocycles. The summed E-state index contributed by atoms with van der Waals surface area (Å²) in [5, 5.41) is 12.9. The van der Waals surface area contributed by atoms with Gasteiger partial charge in [0.1, 0.15) is 0 Å². The minimum atomic E-state index is -0.0146. The van der Waals surface area contributed by atoms with E-state index in [1.807, 2.05) is 23.6 Å². The van der Waals surface area contributed by atoms with Gasteiger partial charge in [-0.2, -0.15) is 0 Å². The Kier molecular flexibility index (Phi) is 6.28. The Labute approximate surface area is 150 Å². The minimum Gasteiger partial charge on any atom is -0.425 e. The van der Waals surface area contributed by atoms with Crippen molar-refractivity contribution in [3.8, 4) is 0 Å². The SMILES string of the molecule is O=C(CCc1nnc(CCc2ccccc2)o1)NCCc1cscn1. The molecule has 0 saturated carbocycles. The number of aryl methyl sites for hydroxylation is 3. The maximum absolute atomic E-state index is 11.8. The van der Waals surface area contributed by atoms with Crippen LogP contribution in [-0.2, 0) is 30.5 Å². The Hall–Kier alpha value is -2.54. The molecule has 0 bridgehead atoms. The van der Waals surface area contributed by atoms with E-state index in [0.29, 0.717) is 37.6 Å². The molecule has 0 unspecified atom stereocenters. The van der Waals surface area contributed by atoms with E-state index in [0.717, 1.165) is 18.5 Å². The second kappa shape index (κ2) is 9.08. The highest BCUT2D eigenvalue weighted by atomic mass is 32.1. The van der Waals surface area contributed by atoms with Gasteiger partial charge in [-0.1, -0.05) is 30.3 Å². The average Bonchev–Trinajstić information content (AvgIpc) is 3.31. The number of nitrogens with one attached hydrogen (secondary N) is 1. The molecule has 7 heteroatoms. The van der Waals surface area contributed by atoms with Crippen LogP contribution in [0.2, 0.25) is 0 Å². The molecule has 0 saturated heterocycles. The van der Waals surface area contributed by atoms with Crippen LogP contribution in [0.15, 0.2) is 45.6 Å². The molecule has 0 radical (unpaired) electrons. The summed E-state index contributed by atoms with van der Waals surface area (Å²) in [6.07, 6.45) is 3.12. The quantitative estimate of drug-likeness (QED) is 0.637. The van der Waals surface area contributed by atoms with Crippen LogP contribution >= 0.6 is 11.3 Å². The Bertz CT molecular complexity index is 771. The first-order chi connectivity index (χ1) is 12.3. The van der Waals surface area contributed by atoms with Gasteiger partial charge in [0.25, 0.3) is 0 Å². The summed E-state index contributed by atoms with van der Waals surface area (Å²) in [6, 6.07) is 10.2. The van der Waals surface area contributed by atoms with Crippen molar-refractivity contribution in [1.29, 1.82) is 0 Å². The van der Waals surface area contributed by atoms with E-state index in [9.17, 15) is 4.79 Å². The van der Waals surface area contributed by atoms with Crippen molar-refractivity contribution in [3.63, 3.8) is 0 Å². The van der Waals surface area contributed by atoms with Gasteiger partial charge in [-0.3, -0.25) is 4.79 Å². The Balaban J connectivity index is 1.35. The summed E-state index contributed by atoms with van der Waals surface area (Å²) >= 11 is 1.56. The van der Waals surface area contributed by atoms with Crippen LogP contribution in [-0.4, -0.2) is 27.6 Å². The summed E-state index contributed by atoms with van der Waals surface area (Å²) in [5.41, 5.74) is 4.04. The van der Waals surface area contributed by atoms with Gasteiger partial charge >= 0.3 is 0 Å². The maximum Gasteiger partial charge on any atom is 0.220 e. The highest BCUT2D eigenvalue weighted by Crippen LogP contribution is 2.08. The Morgan fingerprint density at radius 2 is 1.84 bits per heavy atom. The number of hydrogen-bond donors (Lipinski definition) is 1. The van der Waals surface area contributed by atoms with E-state index < -0.39 is 0 Å². The topological polar surface area (TPSA) is 80.9 Å². The van der Waals surface area contributed by atoms with Crippen LogP contribution in [0.3, 0.4) is 0 Å². The molecule has 0 atom stereocenters. The summed E-state index contributed by atoms with van der Waals surface area (Å²) in [5.74, 6) is 1.11. The zero-order chi connectivity index (χ0) is 17.3. The maximum atomic E-state index is 11.8. The number of amides is 1. The first kappa shape index (κ1) is 17.3. The number of benzene rings is 1. The van der Waals surface area contributed by atoms with Crippen LogP contribution < -0.4 is 5.32 Å². The number of carbonyl (C=O) groups excluding carboxylic acids is 1. The summed E-state index contributed by atoms with van der Waals surface area (Å²) < 4.78 is 5.61. The zero-order valence-corrected chi connectivity index (χ0v) is 14.7. The van der Waals surface area contributed by atoms with Crippen molar-refractivity contribution in [1.82, 2.24) is 20.5 Å². The molecule has 1 amide bonds. The third-order valence-corrected chi connectivity index (χ3v) is 4.37. The predicted octanol–water partition coefficient (Wildman–Crippen LogP) is 2.60. The molecular formula is C18H20N4O2S. The molecule has 25 heavy (non-hydrogen) atoms. The van der Waals surface area contributed by atoms with Crippen LogP contribution in [0.5, 0.6) is 0 Å². The lowest BCUT2D eigenvalue weighted by molar-refractivity contribution is -0.121. The van der Waals surface area contributed by atoms with Crippen molar-refractivity contribution < 1.29 is 9.21 Å². The van der Waals surface area contributed by atoms with Gasteiger partial charge in [0.2, 0.25) is 17.7 Å². The van der Waals surface area contributed by atoms with Gasteiger partial charge in [0, 0.05) is 37.6 Å². The summed E-state index contributed by atoms with van der Waals surface area (Å²) in [6.45, 7) is 0.592. The number of thiazole rings is 1. The molecule has 2 aromatic heterocycles. The van der Waals surface area contributed by atoms with Crippen molar-refractivity contribution in [2.24, 2.45) is 0 Å². The number of nitrogens with zero attached hydrogens (tertiary/aromatic N) is 3. The standard InChI is InChI=1S/C18H20N4O2S/c23-16(19-11-10-15-12-25-13-20-15)7-9-18-22-21-17(24-18)8-6-14-4-2-1-3-5-14/h1-5,12-13H,6-11H2,(H,19,23). The zero-order valence-electron chi connectivity index (χ0n) is 13.9. The van der Waals surface area contributed by atoms with Crippen LogP contribution in [0.1, 0.15) is 29.5 Å². The number of carbonyl (C=O) groups is 1. The fourth-order valence-corrected chi connectivity index (χ4v) is 2.98. The number of rotatable bonds is 9. The monoisotopic (exact) mass is 356 g/mol. The second-order valence-electron chi connectivity index (χ2n) is 5.65. The lowest BCUT2D eigenvalue weighted by atomic mass is 10.1. The molecule has 0 aliphatic heterocycles. The molecule has 0 fully saturated rings. The lowest BCUT2D eigenvalue weighted by Gasteiger charge is -2.02. The highest BCUT2D eigenvalue weighted by molar-refractivity contribution is 7.07. The van der Waals surface area contributed by atoms with Crippen molar-refractivity contribution in [2.75, 3.05) is 6.54 Å². The number of aromatic nitrogens is 3. The molecule has 2 heterocycles. The van der Waals surface area contributed by atoms with Crippen LogP contribution in [0.25, 0.3) is 0 Å². The number of hydrogen-bond acceptors (Lipinski definition) is 6. The van der Waals surface area contributed by atoms with Crippen LogP contribution in [0.4, 0.5) is 0 Å². The molecule has 0 spiro atoms. The minimum absolute atomic E-state index is 0.0146. The van der Waals surface area contributed by atoms with Gasteiger partial charge in [0.15, 0.2) is 0 Å². The summed E-state index contributed by atoms with van der Waals surface area (Å²) in [7, 11) is 0. The Morgan fingerprint density at radius 3 is 2.60 bits per heavy atom. The van der Waals surface area contributed by atoms with E-state index in [-0.39, 0.29) is 5.91 Å². The van der Waals surface area contributed by atoms with Crippen LogP contribution in [0, 0.1) is 0 Å². The smallest absolute Gasteiger partial charge is 0.220 e. The van der Waals surface area contributed by atoms with Gasteiger partial charge in [0.05, 0.1) is 11.2 Å².